The molecule has 19 heteroatoms. The number of carboxylic acid groups (broad SMARTS) is 2. The number of ether oxygens (including phenoxy) is 1. The number of hydrogen-bond acceptors (Lipinski definition) is 8. The van der Waals surface area contributed by atoms with Gasteiger partial charge in [-0.25, -0.2) is 0 Å². The first kappa shape index (κ1) is 47.9. The topological polar surface area (TPSA) is 231 Å². The Bertz CT molecular complexity index is 2620. The minimum absolute atomic E-state index is 0.00168. The SMILES string of the molecule is CC1CC(C)(C)Cc2c1cc1c(c2[As](=O)(O)O)Oc2c([As](=O)([O-])O)c3c(cc2=C1c1c(Cl)c(SCC(=O)NCCCCCC(=O)O)c(Cl)c(Cl)c1C(=O)O)C(C)CC(C)(C)C=3. The van der Waals surface area contributed by atoms with Crippen LogP contribution in [0, 0.1) is 10.8 Å². The molecule has 6 rings (SSSR count). The molecule has 3 atom stereocenters. The van der Waals surface area contributed by atoms with Crippen molar-refractivity contribution >= 4 is 113 Å². The maximum atomic E-state index is 13.9. The van der Waals surface area contributed by atoms with Gasteiger partial charge in [0.2, 0.25) is 0 Å². The zero-order valence-corrected chi connectivity index (χ0v) is 41.1. The predicted octanol–water partition coefficient (Wildman–Crippen LogP) is 4.43. The molecule has 0 bridgehead atoms. The Hall–Kier alpha value is -2.61. The predicted molar refractivity (Wildman–Crippen MR) is 233 cm³/mol. The summed E-state index contributed by atoms with van der Waals surface area (Å²) in [5.74, 6) is -4.61. The van der Waals surface area contributed by atoms with Crippen molar-refractivity contribution in [1.29, 1.82) is 0 Å². The number of amides is 1. The molecule has 3 aromatic rings. The van der Waals surface area contributed by atoms with Crippen LogP contribution in [0.5, 0.6) is 11.5 Å². The number of thioether (sulfide) groups is 1. The van der Waals surface area contributed by atoms with Crippen LogP contribution in [0.4, 0.5) is 0 Å². The fourth-order valence-electron chi connectivity index (χ4n) is 9.30. The van der Waals surface area contributed by atoms with Crippen molar-refractivity contribution in [3.63, 3.8) is 0 Å². The molecule has 3 aliphatic rings. The molecule has 0 saturated carbocycles. The monoisotopic (exact) mass is 1040 g/mol. The van der Waals surface area contributed by atoms with Crippen molar-refractivity contribution in [2.24, 2.45) is 10.8 Å². The quantitative estimate of drug-likeness (QED) is 0.0472. The van der Waals surface area contributed by atoms with Crippen molar-refractivity contribution < 1.29 is 53.2 Å². The third kappa shape index (κ3) is 9.60. The zero-order chi connectivity index (χ0) is 45.3. The summed E-state index contributed by atoms with van der Waals surface area (Å²) in [6.45, 7) is 11.8. The van der Waals surface area contributed by atoms with Gasteiger partial charge >= 0.3 is 345 Å². The van der Waals surface area contributed by atoms with Gasteiger partial charge < -0.3 is 5.11 Å². The van der Waals surface area contributed by atoms with Gasteiger partial charge in [0.15, 0.2) is 0 Å². The molecule has 3 unspecified atom stereocenters. The summed E-state index contributed by atoms with van der Waals surface area (Å²) in [4.78, 5) is 37.2. The van der Waals surface area contributed by atoms with Crippen LogP contribution >= 0.6 is 46.6 Å². The Morgan fingerprint density at radius 3 is 2.16 bits per heavy atom. The maximum absolute atomic E-state index is 13.9. The number of aromatic carboxylic acids is 1. The number of carbonyl (C=O) groups is 3. The number of benzene rings is 3. The second-order valence-electron chi connectivity index (χ2n) is 17.7. The molecule has 1 aliphatic heterocycles. The van der Waals surface area contributed by atoms with Gasteiger partial charge in [-0.1, -0.05) is 6.42 Å². The van der Waals surface area contributed by atoms with Gasteiger partial charge in [0.25, 0.3) is 0 Å². The van der Waals surface area contributed by atoms with E-state index in [0.717, 1.165) is 11.8 Å². The normalized spacial score (nSPS) is 19.6. The van der Waals surface area contributed by atoms with Crippen LogP contribution in [-0.2, 0) is 23.5 Å². The van der Waals surface area contributed by atoms with Crippen molar-refractivity contribution in [3.8, 4) is 11.5 Å². The van der Waals surface area contributed by atoms with Crippen LogP contribution in [0.3, 0.4) is 0 Å². The van der Waals surface area contributed by atoms with E-state index < -0.39 is 87.8 Å². The van der Waals surface area contributed by atoms with E-state index >= 15 is 0 Å². The minimum atomic E-state index is -6.36. The Morgan fingerprint density at radius 1 is 0.902 bits per heavy atom. The van der Waals surface area contributed by atoms with E-state index in [1.165, 1.54) is 0 Å². The van der Waals surface area contributed by atoms with Crippen molar-refractivity contribution in [2.45, 2.75) is 103 Å². The fourth-order valence-corrected chi connectivity index (χ4v) is 15.3. The van der Waals surface area contributed by atoms with Gasteiger partial charge in [-0.2, -0.15) is 0 Å². The van der Waals surface area contributed by atoms with Crippen LogP contribution in [0.2, 0.25) is 15.1 Å². The van der Waals surface area contributed by atoms with E-state index in [1.807, 2.05) is 41.5 Å². The molecule has 1 heterocycles. The molecule has 0 saturated heterocycles. The standard InChI is InChI=1S/C42H48As2Cl3NO12S/c1-19-14-41(3,4)16-25-21(19)12-23-29(30-31(40(52)53)34(45)36(47)39(35(30)46)61-18-27(49)48-11-9-7-8-10-28(50)51)24-13-22-20(2)15-42(5,6)17-26(22)33(44(57,58)59)38(24)60-37(23)32(25)43(54,55)56/h12-13,16,19-20H,7-11,14-15,17-18H2,1-6H3,(H,48,49)(H,50,51)(H,52,53)(H2,54,55,56)(H2,57,58,59)/p-1. The summed E-state index contributed by atoms with van der Waals surface area (Å²) < 4.78 is 80.5. The number of unbranched alkanes of at least 4 members (excludes halogenated alkanes) is 2. The van der Waals surface area contributed by atoms with E-state index in [4.69, 9.17) is 44.6 Å². The number of halogens is 3. The van der Waals surface area contributed by atoms with Crippen LogP contribution in [-0.4, -0.2) is 81.0 Å². The van der Waals surface area contributed by atoms with Gasteiger partial charge in [-0.15, -0.1) is 0 Å². The number of carbonyl (C=O) groups excluding carboxylic acids is 1. The summed E-state index contributed by atoms with van der Waals surface area (Å²) in [6.07, 6.45) is 4.69. The van der Waals surface area contributed by atoms with E-state index in [2.05, 4.69) is 5.32 Å². The van der Waals surface area contributed by atoms with Gasteiger partial charge in [0.1, 0.15) is 0 Å². The average Bonchev–Trinajstić information content (AvgIpc) is 3.10. The number of nitrogens with one attached hydrogen (secondary N) is 1. The molecule has 6 N–H and O–H groups in total. The van der Waals surface area contributed by atoms with Crippen molar-refractivity contribution in [3.05, 3.63) is 71.0 Å². The van der Waals surface area contributed by atoms with Crippen LogP contribution in [0.25, 0.3) is 11.6 Å². The Kier molecular flexibility index (Phi) is 13.7. The fraction of sp³-hybridized carbons (Fsp3) is 0.452. The molecular weight excluding hydrogens is 999 g/mol. The third-order valence-corrected chi connectivity index (χ3v) is 18.4. The summed E-state index contributed by atoms with van der Waals surface area (Å²) in [5.41, 5.74) is -0.485. The molecular formula is C42H47As2Cl3NO12S-. The number of aliphatic carboxylic acids is 1. The molecule has 0 spiro atoms. The van der Waals surface area contributed by atoms with Crippen molar-refractivity contribution in [1.82, 2.24) is 5.32 Å². The summed E-state index contributed by atoms with van der Waals surface area (Å²) in [6, 6.07) is 3.32. The van der Waals surface area contributed by atoms with Gasteiger partial charge in [0.05, 0.1) is 0 Å². The van der Waals surface area contributed by atoms with Gasteiger partial charge in [-0.05, 0) is 12.8 Å². The second kappa shape index (κ2) is 17.4. The van der Waals surface area contributed by atoms with E-state index in [9.17, 15) is 43.4 Å². The molecule has 13 nitrogen and oxygen atoms in total. The van der Waals surface area contributed by atoms with Gasteiger partial charge in [-0.3, -0.25) is 4.79 Å². The third-order valence-electron chi connectivity index (χ3n) is 11.5. The number of carboxylic acids is 2. The number of hydrogen-bond donors (Lipinski definition) is 6. The summed E-state index contributed by atoms with van der Waals surface area (Å²) in [7, 11) is 0. The van der Waals surface area contributed by atoms with E-state index in [-0.39, 0.29) is 79.1 Å². The van der Waals surface area contributed by atoms with E-state index in [0.29, 0.717) is 48.8 Å². The molecule has 61 heavy (non-hydrogen) atoms. The van der Waals surface area contributed by atoms with E-state index in [1.54, 1.807) is 18.2 Å². The molecule has 2 aliphatic carbocycles. The molecule has 0 radical (unpaired) electrons. The Morgan fingerprint density at radius 2 is 1.56 bits per heavy atom. The van der Waals surface area contributed by atoms with Crippen molar-refractivity contribution in [2.75, 3.05) is 12.3 Å². The molecule has 330 valence electrons. The zero-order valence-electron chi connectivity index (χ0n) is 34.3. The van der Waals surface area contributed by atoms with Crippen LogP contribution in [0.15, 0.2) is 17.0 Å². The first-order valence-corrected chi connectivity index (χ1v) is 28.4. The Labute approximate surface area is 377 Å². The Balaban J connectivity index is 1.72. The average molecular weight is 1050 g/mol. The van der Waals surface area contributed by atoms with Gasteiger partial charge in [0, 0.05) is 6.42 Å². The molecule has 0 fully saturated rings. The summed E-state index contributed by atoms with van der Waals surface area (Å²) in [5, 5.41) is 21.6. The molecule has 3 aromatic carbocycles. The first-order chi connectivity index (χ1) is 28.1. The number of rotatable bonds is 13. The molecule has 1 amide bonds. The second-order valence-corrected chi connectivity index (χ2v) is 26.1. The summed E-state index contributed by atoms with van der Waals surface area (Å²) >= 11 is 9.25. The number of fused-ring (bicyclic) bond motifs is 4. The van der Waals surface area contributed by atoms with Crippen LogP contribution < -0.4 is 33.3 Å². The first-order valence-electron chi connectivity index (χ1n) is 19.6. The molecule has 0 aromatic heterocycles. The van der Waals surface area contributed by atoms with Crippen LogP contribution in [0.1, 0.15) is 130 Å².